The van der Waals surface area contributed by atoms with Gasteiger partial charge in [0.25, 0.3) is 0 Å². The van der Waals surface area contributed by atoms with E-state index in [1.54, 1.807) is 0 Å². The molecule has 7 heteroatoms. The second-order valence-electron chi connectivity index (χ2n) is 5.12. The Kier molecular flexibility index (Phi) is 7.59. The van der Waals surface area contributed by atoms with Gasteiger partial charge < -0.3 is 20.5 Å². The van der Waals surface area contributed by atoms with Crippen molar-refractivity contribution in [1.82, 2.24) is 10.6 Å². The van der Waals surface area contributed by atoms with E-state index >= 15 is 0 Å². The molecule has 1 aromatic rings. The van der Waals surface area contributed by atoms with Crippen LogP contribution in [0.15, 0.2) is 30.3 Å². The lowest BCUT2D eigenvalue weighted by molar-refractivity contribution is -0.142. The van der Waals surface area contributed by atoms with Crippen LogP contribution in [-0.4, -0.2) is 35.2 Å². The highest BCUT2D eigenvalue weighted by Gasteiger charge is 2.23. The van der Waals surface area contributed by atoms with Gasteiger partial charge in [0.2, 0.25) is 5.91 Å². The maximum absolute atomic E-state index is 11.9. The first-order valence-corrected chi connectivity index (χ1v) is 7.44. The van der Waals surface area contributed by atoms with Crippen molar-refractivity contribution < 1.29 is 24.2 Å². The highest BCUT2D eigenvalue weighted by Crippen LogP contribution is 2.01. The van der Waals surface area contributed by atoms with Crippen molar-refractivity contribution in [3.63, 3.8) is 0 Å². The number of rotatable bonds is 8. The second kappa shape index (κ2) is 9.45. The average molecular weight is 322 g/mol. The maximum Gasteiger partial charge on any atom is 0.408 e. The lowest BCUT2D eigenvalue weighted by Crippen LogP contribution is -2.50. The zero-order valence-electron chi connectivity index (χ0n) is 13.2. The number of hydrogen-bond donors (Lipinski definition) is 3. The average Bonchev–Trinajstić information content (AvgIpc) is 2.53. The third kappa shape index (κ3) is 6.82. The van der Waals surface area contributed by atoms with Crippen LogP contribution in [0.4, 0.5) is 4.79 Å². The summed E-state index contributed by atoms with van der Waals surface area (Å²) in [5.41, 5.74) is 0.827. The van der Waals surface area contributed by atoms with E-state index < -0.39 is 30.1 Å². The van der Waals surface area contributed by atoms with E-state index in [0.29, 0.717) is 12.8 Å². The topological polar surface area (TPSA) is 105 Å². The Bertz CT molecular complexity index is 533. The summed E-state index contributed by atoms with van der Waals surface area (Å²) in [6.45, 7) is 3.38. The molecule has 2 amide bonds. The van der Waals surface area contributed by atoms with Crippen molar-refractivity contribution >= 4 is 18.0 Å². The van der Waals surface area contributed by atoms with Gasteiger partial charge in [0.05, 0.1) is 0 Å². The Morgan fingerprint density at radius 2 is 1.83 bits per heavy atom. The van der Waals surface area contributed by atoms with E-state index in [1.807, 2.05) is 37.3 Å². The van der Waals surface area contributed by atoms with E-state index in [-0.39, 0.29) is 6.61 Å². The van der Waals surface area contributed by atoms with Crippen LogP contribution in [-0.2, 0) is 20.9 Å². The summed E-state index contributed by atoms with van der Waals surface area (Å²) in [5.74, 6) is -1.67. The third-order valence-corrected chi connectivity index (χ3v) is 3.13. The van der Waals surface area contributed by atoms with Crippen molar-refractivity contribution in [2.75, 3.05) is 0 Å². The number of aliphatic carboxylic acids is 1. The van der Waals surface area contributed by atoms with Gasteiger partial charge in [0, 0.05) is 0 Å². The summed E-state index contributed by atoms with van der Waals surface area (Å²) in [5, 5.41) is 13.8. The van der Waals surface area contributed by atoms with E-state index in [0.717, 1.165) is 5.56 Å². The number of hydrogen-bond acceptors (Lipinski definition) is 4. The van der Waals surface area contributed by atoms with Crippen LogP contribution in [0.5, 0.6) is 0 Å². The molecule has 1 rings (SSSR count). The van der Waals surface area contributed by atoms with Crippen LogP contribution in [0.3, 0.4) is 0 Å². The third-order valence-electron chi connectivity index (χ3n) is 3.13. The minimum atomic E-state index is -1.10. The smallest absolute Gasteiger partial charge is 0.408 e. The monoisotopic (exact) mass is 322 g/mol. The first kappa shape index (κ1) is 18.5. The molecular weight excluding hydrogens is 300 g/mol. The Labute approximate surface area is 135 Å². The van der Waals surface area contributed by atoms with E-state index in [4.69, 9.17) is 9.84 Å². The van der Waals surface area contributed by atoms with Gasteiger partial charge in [-0.15, -0.1) is 0 Å². The number of carboxylic acids is 1. The van der Waals surface area contributed by atoms with Crippen LogP contribution >= 0.6 is 0 Å². The summed E-state index contributed by atoms with van der Waals surface area (Å²) in [6.07, 6.45) is 0.212. The van der Waals surface area contributed by atoms with Gasteiger partial charge in [-0.05, 0) is 18.9 Å². The minimum absolute atomic E-state index is 0.0919. The van der Waals surface area contributed by atoms with E-state index in [1.165, 1.54) is 6.92 Å². The largest absolute Gasteiger partial charge is 0.480 e. The molecule has 2 atom stereocenters. The zero-order valence-corrected chi connectivity index (χ0v) is 13.2. The second-order valence-corrected chi connectivity index (χ2v) is 5.12. The highest BCUT2D eigenvalue weighted by atomic mass is 16.5. The molecule has 0 bridgehead atoms. The Hall–Kier alpha value is -2.57. The van der Waals surface area contributed by atoms with Gasteiger partial charge in [0.1, 0.15) is 18.7 Å². The molecule has 0 aliphatic carbocycles. The van der Waals surface area contributed by atoms with Crippen LogP contribution in [0.1, 0.15) is 32.3 Å². The number of amides is 2. The molecule has 0 unspecified atom stereocenters. The molecule has 0 aliphatic heterocycles. The highest BCUT2D eigenvalue weighted by molar-refractivity contribution is 5.88. The van der Waals surface area contributed by atoms with Gasteiger partial charge in [-0.25, -0.2) is 9.59 Å². The van der Waals surface area contributed by atoms with Crippen molar-refractivity contribution in [2.24, 2.45) is 0 Å². The summed E-state index contributed by atoms with van der Waals surface area (Å²) < 4.78 is 5.00. The normalized spacial score (nSPS) is 12.8. The Balaban J connectivity index is 2.41. The fraction of sp³-hybridized carbons (Fsp3) is 0.438. The van der Waals surface area contributed by atoms with Gasteiger partial charge in [-0.1, -0.05) is 43.7 Å². The fourth-order valence-electron chi connectivity index (χ4n) is 1.85. The molecule has 0 aliphatic rings. The van der Waals surface area contributed by atoms with Crippen LogP contribution in [0.25, 0.3) is 0 Å². The Morgan fingerprint density at radius 1 is 1.17 bits per heavy atom. The molecule has 0 fully saturated rings. The summed E-state index contributed by atoms with van der Waals surface area (Å²) in [4.78, 5) is 34.5. The molecule has 0 heterocycles. The molecule has 0 radical (unpaired) electrons. The SMILES string of the molecule is CCC[C@H](NC(=O)[C@H](C)NC(=O)OCc1ccccc1)C(=O)O. The molecular formula is C16H22N2O5. The van der Waals surface area contributed by atoms with Gasteiger partial charge in [-0.2, -0.15) is 0 Å². The predicted molar refractivity (Wildman–Crippen MR) is 83.7 cm³/mol. The Morgan fingerprint density at radius 3 is 2.39 bits per heavy atom. The number of ether oxygens (including phenoxy) is 1. The van der Waals surface area contributed by atoms with Crippen molar-refractivity contribution in [3.8, 4) is 0 Å². The first-order chi connectivity index (χ1) is 10.9. The standard InChI is InChI=1S/C16H22N2O5/c1-3-7-13(15(20)21)18-14(19)11(2)17-16(22)23-10-12-8-5-4-6-9-12/h4-6,8-9,11,13H,3,7,10H2,1-2H3,(H,17,22)(H,18,19)(H,20,21)/t11-,13-/m0/s1. The van der Waals surface area contributed by atoms with Crippen LogP contribution in [0, 0.1) is 0 Å². The molecule has 0 aromatic heterocycles. The molecule has 0 saturated carbocycles. The van der Waals surface area contributed by atoms with Gasteiger partial charge >= 0.3 is 12.1 Å². The molecule has 0 saturated heterocycles. The quantitative estimate of drug-likeness (QED) is 0.675. The molecule has 1 aromatic carbocycles. The summed E-state index contributed by atoms with van der Waals surface area (Å²) >= 11 is 0. The summed E-state index contributed by atoms with van der Waals surface area (Å²) in [7, 11) is 0. The lowest BCUT2D eigenvalue weighted by atomic mass is 10.1. The minimum Gasteiger partial charge on any atom is -0.480 e. The van der Waals surface area contributed by atoms with Gasteiger partial charge in [-0.3, -0.25) is 4.79 Å². The fourth-order valence-corrected chi connectivity index (χ4v) is 1.85. The number of carbonyl (C=O) groups excluding carboxylic acids is 2. The van der Waals surface area contributed by atoms with Crippen LogP contribution in [0.2, 0.25) is 0 Å². The molecule has 23 heavy (non-hydrogen) atoms. The lowest BCUT2D eigenvalue weighted by Gasteiger charge is -2.18. The zero-order chi connectivity index (χ0) is 17.2. The maximum atomic E-state index is 11.9. The molecule has 3 N–H and O–H groups in total. The number of benzene rings is 1. The molecule has 0 spiro atoms. The number of carboxylic acid groups (broad SMARTS) is 1. The predicted octanol–water partition coefficient (Wildman–Crippen LogP) is 1.67. The van der Waals surface area contributed by atoms with Crippen molar-refractivity contribution in [3.05, 3.63) is 35.9 Å². The summed E-state index contributed by atoms with van der Waals surface area (Å²) in [6, 6.07) is 7.27. The van der Waals surface area contributed by atoms with Crippen LogP contribution < -0.4 is 10.6 Å². The number of nitrogens with one attached hydrogen (secondary N) is 2. The first-order valence-electron chi connectivity index (χ1n) is 7.44. The van der Waals surface area contributed by atoms with Gasteiger partial charge in [0.15, 0.2) is 0 Å². The van der Waals surface area contributed by atoms with Crippen molar-refractivity contribution in [2.45, 2.75) is 45.4 Å². The number of carbonyl (C=O) groups is 3. The molecule has 126 valence electrons. The molecule has 7 nitrogen and oxygen atoms in total. The van der Waals surface area contributed by atoms with E-state index in [2.05, 4.69) is 10.6 Å². The number of alkyl carbamates (subject to hydrolysis) is 1. The van der Waals surface area contributed by atoms with Crippen molar-refractivity contribution in [1.29, 1.82) is 0 Å². The van der Waals surface area contributed by atoms with E-state index in [9.17, 15) is 14.4 Å².